The third-order valence-electron chi connectivity index (χ3n) is 2.22. The van der Waals surface area contributed by atoms with Crippen LogP contribution in [0.2, 0.25) is 0 Å². The SMILES string of the molecule is COC[C@@H](O)[C@@H](O)[C@H](O)[C@H](COC(C)=O)OC. The minimum atomic E-state index is -1.45. The lowest BCUT2D eigenvalue weighted by molar-refractivity contribution is -0.158. The van der Waals surface area contributed by atoms with Gasteiger partial charge < -0.3 is 29.5 Å². The van der Waals surface area contributed by atoms with Crippen molar-refractivity contribution in [1.29, 1.82) is 0 Å². The molecule has 0 amide bonds. The van der Waals surface area contributed by atoms with Crippen LogP contribution in [0.25, 0.3) is 0 Å². The number of methoxy groups -OCH3 is 2. The number of carbonyl (C=O) groups is 1. The Balaban J connectivity index is 4.30. The molecule has 0 fully saturated rings. The molecule has 0 saturated carbocycles. The van der Waals surface area contributed by atoms with Gasteiger partial charge in [0, 0.05) is 21.1 Å². The van der Waals surface area contributed by atoms with E-state index in [9.17, 15) is 20.1 Å². The monoisotopic (exact) mass is 252 g/mol. The molecule has 0 aromatic heterocycles. The Labute approximate surface area is 99.9 Å². The van der Waals surface area contributed by atoms with Gasteiger partial charge >= 0.3 is 5.97 Å². The summed E-state index contributed by atoms with van der Waals surface area (Å²) in [6.07, 6.45) is -5.00. The average molecular weight is 252 g/mol. The zero-order valence-electron chi connectivity index (χ0n) is 10.2. The van der Waals surface area contributed by atoms with E-state index in [-0.39, 0.29) is 13.2 Å². The molecule has 0 rings (SSSR count). The molecule has 102 valence electrons. The Bertz CT molecular complexity index is 221. The van der Waals surface area contributed by atoms with Gasteiger partial charge in [-0.15, -0.1) is 0 Å². The second-order valence-corrected chi connectivity index (χ2v) is 3.58. The van der Waals surface area contributed by atoms with Crippen LogP contribution in [0.3, 0.4) is 0 Å². The van der Waals surface area contributed by atoms with Gasteiger partial charge in [-0.25, -0.2) is 0 Å². The Hall–Kier alpha value is -0.730. The molecule has 0 bridgehead atoms. The Morgan fingerprint density at radius 3 is 2.12 bits per heavy atom. The highest BCUT2D eigenvalue weighted by atomic mass is 16.6. The van der Waals surface area contributed by atoms with E-state index in [1.807, 2.05) is 0 Å². The number of aliphatic hydroxyl groups excluding tert-OH is 3. The number of aliphatic hydroxyl groups is 3. The predicted octanol–water partition coefficient (Wildman–Crippen LogP) is -1.71. The van der Waals surface area contributed by atoms with Crippen molar-refractivity contribution < 1.29 is 34.3 Å². The molecule has 0 unspecified atom stereocenters. The topological polar surface area (TPSA) is 105 Å². The third kappa shape index (κ3) is 5.94. The first-order valence-electron chi connectivity index (χ1n) is 5.13. The van der Waals surface area contributed by atoms with Gasteiger partial charge in [0.25, 0.3) is 0 Å². The van der Waals surface area contributed by atoms with Crippen LogP contribution >= 0.6 is 0 Å². The first-order chi connectivity index (χ1) is 7.93. The summed E-state index contributed by atoms with van der Waals surface area (Å²) in [6, 6.07) is 0. The maximum Gasteiger partial charge on any atom is 0.302 e. The molecule has 7 heteroatoms. The van der Waals surface area contributed by atoms with Gasteiger partial charge in [-0.2, -0.15) is 0 Å². The number of carbonyl (C=O) groups excluding carboxylic acids is 1. The molecule has 0 radical (unpaired) electrons. The van der Waals surface area contributed by atoms with E-state index in [0.29, 0.717) is 0 Å². The first-order valence-corrected chi connectivity index (χ1v) is 5.13. The zero-order valence-corrected chi connectivity index (χ0v) is 10.2. The molecule has 0 aliphatic rings. The van der Waals surface area contributed by atoms with Crippen molar-refractivity contribution >= 4 is 5.97 Å². The van der Waals surface area contributed by atoms with Crippen LogP contribution < -0.4 is 0 Å². The third-order valence-corrected chi connectivity index (χ3v) is 2.22. The summed E-state index contributed by atoms with van der Waals surface area (Å²) in [4.78, 5) is 10.6. The molecule has 4 atom stereocenters. The Morgan fingerprint density at radius 2 is 1.71 bits per heavy atom. The summed E-state index contributed by atoms with van der Waals surface area (Å²) in [5.41, 5.74) is 0. The second kappa shape index (κ2) is 8.37. The summed E-state index contributed by atoms with van der Waals surface area (Å²) >= 11 is 0. The second-order valence-electron chi connectivity index (χ2n) is 3.58. The van der Waals surface area contributed by atoms with E-state index in [4.69, 9.17) is 4.74 Å². The molecule has 0 aliphatic carbocycles. The quantitative estimate of drug-likeness (QED) is 0.442. The summed E-state index contributed by atoms with van der Waals surface area (Å²) in [5, 5.41) is 28.7. The van der Waals surface area contributed by atoms with E-state index < -0.39 is 30.4 Å². The fourth-order valence-electron chi connectivity index (χ4n) is 1.22. The standard InChI is InChI=1S/C10H20O7/c1-6(11)17-5-8(16-3)10(14)9(13)7(12)4-15-2/h7-10,12-14H,4-5H2,1-3H3/t7-,8+,9-,10-/m1/s1. The molecule has 0 aromatic carbocycles. The van der Waals surface area contributed by atoms with Crippen molar-refractivity contribution in [2.75, 3.05) is 27.4 Å². The summed E-state index contributed by atoms with van der Waals surface area (Å²) in [5.74, 6) is -0.522. The van der Waals surface area contributed by atoms with Crippen molar-refractivity contribution in [1.82, 2.24) is 0 Å². The van der Waals surface area contributed by atoms with Crippen molar-refractivity contribution in [3.63, 3.8) is 0 Å². The molecule has 0 spiro atoms. The predicted molar refractivity (Wildman–Crippen MR) is 57.3 cm³/mol. The normalized spacial score (nSPS) is 18.2. The van der Waals surface area contributed by atoms with E-state index in [1.165, 1.54) is 21.1 Å². The van der Waals surface area contributed by atoms with Crippen molar-refractivity contribution in [2.45, 2.75) is 31.3 Å². The molecular formula is C10H20O7. The van der Waals surface area contributed by atoms with Crippen LogP contribution in [0.5, 0.6) is 0 Å². The molecule has 0 aliphatic heterocycles. The van der Waals surface area contributed by atoms with Crippen LogP contribution in [0.1, 0.15) is 6.92 Å². The van der Waals surface area contributed by atoms with Gasteiger partial charge in [0.05, 0.1) is 6.61 Å². The van der Waals surface area contributed by atoms with E-state index in [0.717, 1.165) is 0 Å². The van der Waals surface area contributed by atoms with Crippen molar-refractivity contribution in [3.05, 3.63) is 0 Å². The van der Waals surface area contributed by atoms with Crippen LogP contribution in [0, 0.1) is 0 Å². The summed E-state index contributed by atoms with van der Waals surface area (Å²) in [7, 11) is 2.65. The largest absolute Gasteiger partial charge is 0.463 e. The highest BCUT2D eigenvalue weighted by Gasteiger charge is 2.32. The lowest BCUT2D eigenvalue weighted by Gasteiger charge is -2.27. The van der Waals surface area contributed by atoms with E-state index in [1.54, 1.807) is 0 Å². The molecule has 3 N–H and O–H groups in total. The molecule has 0 heterocycles. The van der Waals surface area contributed by atoms with Crippen LogP contribution in [0.15, 0.2) is 0 Å². The van der Waals surface area contributed by atoms with Gasteiger partial charge in [0.15, 0.2) is 0 Å². The van der Waals surface area contributed by atoms with Crippen LogP contribution in [-0.2, 0) is 19.0 Å². The number of hydrogen-bond donors (Lipinski definition) is 3. The maximum absolute atomic E-state index is 10.6. The highest BCUT2D eigenvalue weighted by molar-refractivity contribution is 5.65. The van der Waals surface area contributed by atoms with Gasteiger partial charge in [-0.05, 0) is 0 Å². The molecule has 0 aromatic rings. The van der Waals surface area contributed by atoms with Gasteiger partial charge in [0.1, 0.15) is 31.0 Å². The minimum absolute atomic E-state index is 0.123. The summed E-state index contributed by atoms with van der Waals surface area (Å²) < 4.78 is 14.2. The first kappa shape index (κ1) is 16.3. The fraction of sp³-hybridized carbons (Fsp3) is 0.900. The van der Waals surface area contributed by atoms with Crippen molar-refractivity contribution in [2.24, 2.45) is 0 Å². The number of rotatable bonds is 8. The van der Waals surface area contributed by atoms with Gasteiger partial charge in [0.2, 0.25) is 0 Å². The van der Waals surface area contributed by atoms with Crippen LogP contribution in [-0.4, -0.2) is 73.1 Å². The molecule has 0 saturated heterocycles. The van der Waals surface area contributed by atoms with Crippen molar-refractivity contribution in [3.8, 4) is 0 Å². The van der Waals surface area contributed by atoms with Crippen LogP contribution in [0.4, 0.5) is 0 Å². The smallest absolute Gasteiger partial charge is 0.302 e. The molecule has 17 heavy (non-hydrogen) atoms. The molecular weight excluding hydrogens is 232 g/mol. The lowest BCUT2D eigenvalue weighted by atomic mass is 10.0. The minimum Gasteiger partial charge on any atom is -0.463 e. The number of esters is 1. The Morgan fingerprint density at radius 1 is 1.12 bits per heavy atom. The Kier molecular flexibility index (Phi) is 8.01. The molecule has 7 nitrogen and oxygen atoms in total. The van der Waals surface area contributed by atoms with Gasteiger partial charge in [-0.3, -0.25) is 4.79 Å². The summed E-state index contributed by atoms with van der Waals surface area (Å²) in [6.45, 7) is 0.890. The van der Waals surface area contributed by atoms with Gasteiger partial charge in [-0.1, -0.05) is 0 Å². The fourth-order valence-corrected chi connectivity index (χ4v) is 1.22. The number of hydrogen-bond acceptors (Lipinski definition) is 7. The average Bonchev–Trinajstić information content (AvgIpc) is 2.28. The maximum atomic E-state index is 10.6. The highest BCUT2D eigenvalue weighted by Crippen LogP contribution is 2.09. The lowest BCUT2D eigenvalue weighted by Crippen LogP contribution is -2.48. The van der Waals surface area contributed by atoms with E-state index in [2.05, 4.69) is 9.47 Å². The van der Waals surface area contributed by atoms with E-state index >= 15 is 0 Å². The number of ether oxygens (including phenoxy) is 3. The zero-order chi connectivity index (χ0) is 13.4.